The average molecular weight is 327 g/mol. The van der Waals surface area contributed by atoms with E-state index in [0.717, 1.165) is 23.4 Å². The fraction of sp³-hybridized carbons (Fsp3) is 0.316. The molecule has 2 N–H and O–H groups in total. The standard InChI is InChI=1S/C19H25N3O2/c1-22(2)14-18(16-7-5-4-6-8-16)21-19(23)20-13-15-9-11-17(24-3)12-10-15/h4-12,18H,13-14H2,1-3H3,(H2,20,21,23). The lowest BCUT2D eigenvalue weighted by molar-refractivity contribution is 0.232. The third-order valence-electron chi connectivity index (χ3n) is 3.67. The van der Waals surface area contributed by atoms with Crippen LogP contribution in [0.25, 0.3) is 0 Å². The van der Waals surface area contributed by atoms with Gasteiger partial charge in [0.1, 0.15) is 5.75 Å². The zero-order valence-corrected chi connectivity index (χ0v) is 14.5. The number of nitrogens with one attached hydrogen (secondary N) is 2. The molecule has 0 aliphatic heterocycles. The van der Waals surface area contributed by atoms with Crippen molar-refractivity contribution >= 4 is 6.03 Å². The van der Waals surface area contributed by atoms with Crippen LogP contribution < -0.4 is 15.4 Å². The van der Waals surface area contributed by atoms with Gasteiger partial charge in [-0.05, 0) is 37.4 Å². The van der Waals surface area contributed by atoms with Crippen LogP contribution in [0.1, 0.15) is 17.2 Å². The molecule has 0 saturated heterocycles. The largest absolute Gasteiger partial charge is 0.497 e. The van der Waals surface area contributed by atoms with E-state index in [-0.39, 0.29) is 12.1 Å². The lowest BCUT2D eigenvalue weighted by Crippen LogP contribution is -2.41. The fourth-order valence-electron chi connectivity index (χ4n) is 2.42. The Bertz CT molecular complexity index is 627. The second kappa shape index (κ2) is 8.93. The molecular formula is C19H25N3O2. The number of methoxy groups -OCH3 is 1. The first-order valence-corrected chi connectivity index (χ1v) is 7.95. The summed E-state index contributed by atoms with van der Waals surface area (Å²) in [6, 6.07) is 17.4. The molecule has 0 bridgehead atoms. The second-order valence-electron chi connectivity index (χ2n) is 5.90. The van der Waals surface area contributed by atoms with E-state index in [4.69, 9.17) is 4.74 Å². The van der Waals surface area contributed by atoms with E-state index in [1.165, 1.54) is 0 Å². The summed E-state index contributed by atoms with van der Waals surface area (Å²) in [5, 5.41) is 5.94. The first-order chi connectivity index (χ1) is 11.6. The normalized spacial score (nSPS) is 11.8. The summed E-state index contributed by atoms with van der Waals surface area (Å²) in [7, 11) is 5.62. The maximum absolute atomic E-state index is 12.2. The van der Waals surface area contributed by atoms with Crippen LogP contribution >= 0.6 is 0 Å². The van der Waals surface area contributed by atoms with E-state index in [2.05, 4.69) is 15.5 Å². The summed E-state index contributed by atoms with van der Waals surface area (Å²) < 4.78 is 5.13. The van der Waals surface area contributed by atoms with Crippen molar-refractivity contribution in [1.29, 1.82) is 0 Å². The number of nitrogens with zero attached hydrogens (tertiary/aromatic N) is 1. The van der Waals surface area contributed by atoms with Crippen LogP contribution in [-0.4, -0.2) is 38.7 Å². The lowest BCUT2D eigenvalue weighted by Gasteiger charge is -2.23. The molecule has 2 aromatic carbocycles. The van der Waals surface area contributed by atoms with Gasteiger partial charge in [-0.25, -0.2) is 4.79 Å². The van der Waals surface area contributed by atoms with Crippen molar-refractivity contribution in [2.45, 2.75) is 12.6 Å². The number of rotatable bonds is 7. The molecule has 5 heteroatoms. The molecule has 0 aromatic heterocycles. The summed E-state index contributed by atoms with van der Waals surface area (Å²) in [5.74, 6) is 0.804. The molecule has 1 atom stereocenters. The van der Waals surface area contributed by atoms with Crippen LogP contribution in [0, 0.1) is 0 Å². The SMILES string of the molecule is COc1ccc(CNC(=O)NC(CN(C)C)c2ccccc2)cc1. The van der Waals surface area contributed by atoms with Gasteiger partial charge in [-0.2, -0.15) is 0 Å². The molecule has 2 aromatic rings. The number of ether oxygens (including phenoxy) is 1. The van der Waals surface area contributed by atoms with Gasteiger partial charge in [-0.15, -0.1) is 0 Å². The summed E-state index contributed by atoms with van der Waals surface area (Å²) >= 11 is 0. The smallest absolute Gasteiger partial charge is 0.315 e. The minimum Gasteiger partial charge on any atom is -0.497 e. The number of benzene rings is 2. The Hall–Kier alpha value is -2.53. The predicted octanol–water partition coefficient (Wildman–Crippen LogP) is 2.80. The predicted molar refractivity (Wildman–Crippen MR) is 96.1 cm³/mol. The minimum atomic E-state index is -0.179. The Morgan fingerprint density at radius 2 is 1.75 bits per heavy atom. The molecule has 0 radical (unpaired) electrons. The molecule has 5 nitrogen and oxygen atoms in total. The maximum atomic E-state index is 12.2. The van der Waals surface area contributed by atoms with Crippen LogP contribution in [0.3, 0.4) is 0 Å². The number of carbonyl (C=O) groups excluding carboxylic acids is 1. The second-order valence-corrected chi connectivity index (χ2v) is 5.90. The average Bonchev–Trinajstić information content (AvgIpc) is 2.60. The topological polar surface area (TPSA) is 53.6 Å². The van der Waals surface area contributed by atoms with Crippen molar-refractivity contribution in [3.05, 3.63) is 65.7 Å². The van der Waals surface area contributed by atoms with Crippen LogP contribution in [0.2, 0.25) is 0 Å². The zero-order valence-electron chi connectivity index (χ0n) is 14.5. The van der Waals surface area contributed by atoms with Crippen molar-refractivity contribution in [2.75, 3.05) is 27.7 Å². The highest BCUT2D eigenvalue weighted by Gasteiger charge is 2.15. The van der Waals surface area contributed by atoms with Crippen molar-refractivity contribution in [1.82, 2.24) is 15.5 Å². The Balaban J connectivity index is 1.92. The van der Waals surface area contributed by atoms with Crippen LogP contribution in [0.4, 0.5) is 4.79 Å². The molecule has 0 spiro atoms. The highest BCUT2D eigenvalue weighted by Crippen LogP contribution is 2.13. The zero-order chi connectivity index (χ0) is 17.4. The van der Waals surface area contributed by atoms with Crippen LogP contribution in [0.5, 0.6) is 5.75 Å². The van der Waals surface area contributed by atoms with Crippen molar-refractivity contribution < 1.29 is 9.53 Å². The quantitative estimate of drug-likeness (QED) is 0.822. The molecular weight excluding hydrogens is 302 g/mol. The van der Waals surface area contributed by atoms with Gasteiger partial charge >= 0.3 is 6.03 Å². The van der Waals surface area contributed by atoms with Crippen LogP contribution in [-0.2, 0) is 6.54 Å². The summed E-state index contributed by atoms with van der Waals surface area (Å²) in [6.45, 7) is 1.21. The highest BCUT2D eigenvalue weighted by molar-refractivity contribution is 5.74. The Labute approximate surface area is 143 Å². The van der Waals surface area contributed by atoms with E-state index < -0.39 is 0 Å². The van der Waals surface area contributed by atoms with Gasteiger partial charge in [0.25, 0.3) is 0 Å². The molecule has 0 aliphatic rings. The fourth-order valence-corrected chi connectivity index (χ4v) is 2.42. The van der Waals surface area contributed by atoms with Gasteiger partial charge in [0, 0.05) is 13.1 Å². The highest BCUT2D eigenvalue weighted by atomic mass is 16.5. The lowest BCUT2D eigenvalue weighted by atomic mass is 10.1. The molecule has 128 valence electrons. The van der Waals surface area contributed by atoms with Crippen molar-refractivity contribution in [3.8, 4) is 5.75 Å². The molecule has 0 aliphatic carbocycles. The van der Waals surface area contributed by atoms with E-state index in [0.29, 0.717) is 6.54 Å². The van der Waals surface area contributed by atoms with E-state index in [1.54, 1.807) is 7.11 Å². The molecule has 0 saturated carbocycles. The van der Waals surface area contributed by atoms with Crippen molar-refractivity contribution in [3.63, 3.8) is 0 Å². The summed E-state index contributed by atoms with van der Waals surface area (Å²) in [5.41, 5.74) is 2.11. The number of carbonyl (C=O) groups is 1. The number of urea groups is 1. The number of amides is 2. The van der Waals surface area contributed by atoms with E-state index in [9.17, 15) is 4.79 Å². The molecule has 24 heavy (non-hydrogen) atoms. The molecule has 0 heterocycles. The van der Waals surface area contributed by atoms with Crippen molar-refractivity contribution in [2.24, 2.45) is 0 Å². The van der Waals surface area contributed by atoms with Crippen LogP contribution in [0.15, 0.2) is 54.6 Å². The van der Waals surface area contributed by atoms with Gasteiger partial charge in [0.2, 0.25) is 0 Å². The van der Waals surface area contributed by atoms with E-state index in [1.807, 2.05) is 68.7 Å². The third kappa shape index (κ3) is 5.59. The Kier molecular flexibility index (Phi) is 6.63. The molecule has 2 rings (SSSR count). The number of likely N-dealkylation sites (N-methyl/N-ethyl adjacent to an activating group) is 1. The molecule has 0 fully saturated rings. The maximum Gasteiger partial charge on any atom is 0.315 e. The van der Waals surface area contributed by atoms with Gasteiger partial charge < -0.3 is 20.3 Å². The number of hydrogen-bond acceptors (Lipinski definition) is 3. The first kappa shape index (κ1) is 17.8. The van der Waals surface area contributed by atoms with Gasteiger partial charge in [-0.1, -0.05) is 42.5 Å². The molecule has 1 unspecified atom stereocenters. The van der Waals surface area contributed by atoms with Gasteiger partial charge in [0.05, 0.1) is 13.2 Å². The molecule has 2 amide bonds. The first-order valence-electron chi connectivity index (χ1n) is 7.95. The summed E-state index contributed by atoms with van der Waals surface area (Å²) in [4.78, 5) is 14.3. The number of hydrogen-bond donors (Lipinski definition) is 2. The Morgan fingerprint density at radius 1 is 1.08 bits per heavy atom. The Morgan fingerprint density at radius 3 is 2.33 bits per heavy atom. The summed E-state index contributed by atoms with van der Waals surface area (Å²) in [6.07, 6.45) is 0. The monoisotopic (exact) mass is 327 g/mol. The third-order valence-corrected chi connectivity index (χ3v) is 3.67. The van der Waals surface area contributed by atoms with E-state index >= 15 is 0 Å². The minimum absolute atomic E-state index is 0.0583. The van der Waals surface area contributed by atoms with Gasteiger partial charge in [0.15, 0.2) is 0 Å². The van der Waals surface area contributed by atoms with Gasteiger partial charge in [-0.3, -0.25) is 0 Å².